The van der Waals surface area contributed by atoms with Crippen LogP contribution in [0.25, 0.3) is 0 Å². The van der Waals surface area contributed by atoms with E-state index in [-0.39, 0.29) is 6.10 Å². The lowest BCUT2D eigenvalue weighted by molar-refractivity contribution is 0.193. The molecule has 0 amide bonds. The van der Waals surface area contributed by atoms with Crippen LogP contribution in [0.15, 0.2) is 12.4 Å². The molecule has 0 aromatic carbocycles. The molecule has 0 aliphatic carbocycles. The summed E-state index contributed by atoms with van der Waals surface area (Å²) in [7, 11) is 0. The SMILES string of the molecule is OC1CCN(c2cc(C3CCOC3)ncn2)C1. The number of nitrogens with zero attached hydrogens (tertiary/aromatic N) is 3. The highest BCUT2D eigenvalue weighted by molar-refractivity contribution is 5.41. The zero-order valence-corrected chi connectivity index (χ0v) is 9.75. The van der Waals surface area contributed by atoms with Crippen molar-refractivity contribution in [2.45, 2.75) is 24.9 Å². The number of aliphatic hydroxyl groups is 1. The second-order valence-electron chi connectivity index (χ2n) is 4.75. The van der Waals surface area contributed by atoms with E-state index < -0.39 is 0 Å². The summed E-state index contributed by atoms with van der Waals surface area (Å²) >= 11 is 0. The minimum Gasteiger partial charge on any atom is -0.391 e. The first kappa shape index (κ1) is 10.9. The van der Waals surface area contributed by atoms with Crippen LogP contribution in [0.1, 0.15) is 24.5 Å². The zero-order chi connectivity index (χ0) is 11.7. The van der Waals surface area contributed by atoms with E-state index >= 15 is 0 Å². The van der Waals surface area contributed by atoms with Crippen LogP contribution in [-0.4, -0.2) is 47.5 Å². The van der Waals surface area contributed by atoms with Crippen LogP contribution in [0.4, 0.5) is 5.82 Å². The van der Waals surface area contributed by atoms with Gasteiger partial charge in [-0.15, -0.1) is 0 Å². The molecule has 2 atom stereocenters. The number of β-amino-alcohol motifs (C(OH)–C–C–N with tert-alkyl or cyclic N) is 1. The van der Waals surface area contributed by atoms with Crippen LogP contribution in [0, 0.1) is 0 Å². The number of ether oxygens (including phenoxy) is 1. The van der Waals surface area contributed by atoms with Crippen LogP contribution in [-0.2, 0) is 4.74 Å². The second kappa shape index (κ2) is 4.58. The highest BCUT2D eigenvalue weighted by atomic mass is 16.5. The van der Waals surface area contributed by atoms with Gasteiger partial charge < -0.3 is 14.7 Å². The van der Waals surface area contributed by atoms with Crippen LogP contribution in [0.2, 0.25) is 0 Å². The molecular weight excluding hydrogens is 218 g/mol. The van der Waals surface area contributed by atoms with Crippen molar-refractivity contribution in [3.8, 4) is 0 Å². The molecule has 3 rings (SSSR count). The Kier molecular flexibility index (Phi) is 2.94. The fraction of sp³-hybridized carbons (Fsp3) is 0.667. The maximum absolute atomic E-state index is 9.54. The molecule has 1 aromatic rings. The summed E-state index contributed by atoms with van der Waals surface area (Å²) in [6.45, 7) is 3.14. The number of aliphatic hydroxyl groups excluding tert-OH is 1. The van der Waals surface area contributed by atoms with Gasteiger partial charge in [-0.3, -0.25) is 0 Å². The van der Waals surface area contributed by atoms with Crippen molar-refractivity contribution in [3.05, 3.63) is 18.1 Å². The maximum Gasteiger partial charge on any atom is 0.132 e. The van der Waals surface area contributed by atoms with Crippen LogP contribution in [0.5, 0.6) is 0 Å². The summed E-state index contributed by atoms with van der Waals surface area (Å²) in [5.41, 5.74) is 1.06. The van der Waals surface area contributed by atoms with E-state index in [1.165, 1.54) is 0 Å². The summed E-state index contributed by atoms with van der Waals surface area (Å²) in [6.07, 6.45) is 3.27. The molecule has 5 nitrogen and oxygen atoms in total. The standard InChI is InChI=1S/C12H17N3O2/c16-10-1-3-15(6-10)12-5-11(13-8-14-12)9-2-4-17-7-9/h5,8-10,16H,1-4,6-7H2. The van der Waals surface area contributed by atoms with Gasteiger partial charge in [0.1, 0.15) is 12.1 Å². The predicted molar refractivity (Wildman–Crippen MR) is 63.0 cm³/mol. The van der Waals surface area contributed by atoms with Gasteiger partial charge >= 0.3 is 0 Å². The molecule has 2 saturated heterocycles. The molecule has 0 radical (unpaired) electrons. The molecule has 0 saturated carbocycles. The quantitative estimate of drug-likeness (QED) is 0.811. The van der Waals surface area contributed by atoms with Gasteiger partial charge in [-0.05, 0) is 12.8 Å². The molecule has 5 heteroatoms. The Morgan fingerprint density at radius 2 is 2.29 bits per heavy atom. The van der Waals surface area contributed by atoms with E-state index in [4.69, 9.17) is 4.74 Å². The number of hydrogen-bond donors (Lipinski definition) is 1. The smallest absolute Gasteiger partial charge is 0.132 e. The van der Waals surface area contributed by atoms with Crippen LogP contribution in [0.3, 0.4) is 0 Å². The average Bonchev–Trinajstić information content (AvgIpc) is 3.00. The Morgan fingerprint density at radius 3 is 3.00 bits per heavy atom. The summed E-state index contributed by atoms with van der Waals surface area (Å²) in [4.78, 5) is 10.7. The Hall–Kier alpha value is -1.20. The molecule has 2 unspecified atom stereocenters. The lowest BCUT2D eigenvalue weighted by atomic mass is 10.0. The number of hydrogen-bond acceptors (Lipinski definition) is 5. The van der Waals surface area contributed by atoms with Gasteiger partial charge in [-0.2, -0.15) is 0 Å². The van der Waals surface area contributed by atoms with Gasteiger partial charge in [0.15, 0.2) is 0 Å². The molecule has 0 spiro atoms. The van der Waals surface area contributed by atoms with Gasteiger partial charge in [0.2, 0.25) is 0 Å². The van der Waals surface area contributed by atoms with E-state index in [2.05, 4.69) is 14.9 Å². The minimum atomic E-state index is -0.219. The van der Waals surface area contributed by atoms with Crippen molar-refractivity contribution in [2.24, 2.45) is 0 Å². The Morgan fingerprint density at radius 1 is 1.35 bits per heavy atom. The summed E-state index contributed by atoms with van der Waals surface area (Å²) < 4.78 is 5.38. The highest BCUT2D eigenvalue weighted by Crippen LogP contribution is 2.26. The van der Waals surface area contributed by atoms with Gasteiger partial charge in [-0.1, -0.05) is 0 Å². The molecule has 0 bridgehead atoms. The third-order valence-corrected chi connectivity index (χ3v) is 3.51. The topological polar surface area (TPSA) is 58.5 Å². The summed E-state index contributed by atoms with van der Waals surface area (Å²) in [5.74, 6) is 1.34. The second-order valence-corrected chi connectivity index (χ2v) is 4.75. The van der Waals surface area contributed by atoms with Gasteiger partial charge in [0.25, 0.3) is 0 Å². The highest BCUT2D eigenvalue weighted by Gasteiger charge is 2.24. The van der Waals surface area contributed by atoms with E-state index in [9.17, 15) is 5.11 Å². The molecule has 2 aliphatic rings. The first-order valence-corrected chi connectivity index (χ1v) is 6.15. The largest absolute Gasteiger partial charge is 0.391 e. The summed E-state index contributed by atoms with van der Waals surface area (Å²) in [6, 6.07) is 2.04. The number of rotatable bonds is 2. The van der Waals surface area contributed by atoms with Crippen molar-refractivity contribution in [1.29, 1.82) is 0 Å². The lowest BCUT2D eigenvalue weighted by Gasteiger charge is -2.17. The van der Waals surface area contributed by atoms with E-state index in [1.807, 2.05) is 6.07 Å². The molecule has 2 aliphatic heterocycles. The molecule has 3 heterocycles. The minimum absolute atomic E-state index is 0.219. The van der Waals surface area contributed by atoms with Crippen molar-refractivity contribution in [3.63, 3.8) is 0 Å². The molecule has 1 aromatic heterocycles. The average molecular weight is 235 g/mol. The van der Waals surface area contributed by atoms with E-state index in [0.717, 1.165) is 44.1 Å². The van der Waals surface area contributed by atoms with Crippen molar-refractivity contribution in [1.82, 2.24) is 9.97 Å². The van der Waals surface area contributed by atoms with Crippen molar-refractivity contribution < 1.29 is 9.84 Å². The van der Waals surface area contributed by atoms with Gasteiger partial charge in [-0.25, -0.2) is 9.97 Å². The monoisotopic (exact) mass is 235 g/mol. The van der Waals surface area contributed by atoms with Gasteiger partial charge in [0, 0.05) is 31.7 Å². The summed E-state index contributed by atoms with van der Waals surface area (Å²) in [5, 5.41) is 9.54. The van der Waals surface area contributed by atoms with Gasteiger partial charge in [0.05, 0.1) is 18.4 Å². The van der Waals surface area contributed by atoms with E-state index in [0.29, 0.717) is 12.5 Å². The predicted octanol–water partition coefficient (Wildman–Crippen LogP) is 0.552. The molecule has 17 heavy (non-hydrogen) atoms. The van der Waals surface area contributed by atoms with Crippen LogP contribution < -0.4 is 4.90 Å². The first-order chi connectivity index (χ1) is 8.33. The fourth-order valence-electron chi connectivity index (χ4n) is 2.48. The molecule has 1 N–H and O–H groups in total. The third-order valence-electron chi connectivity index (χ3n) is 3.51. The van der Waals surface area contributed by atoms with Crippen molar-refractivity contribution in [2.75, 3.05) is 31.2 Å². The molecular formula is C12H17N3O2. The maximum atomic E-state index is 9.54. The number of aromatic nitrogens is 2. The lowest BCUT2D eigenvalue weighted by Crippen LogP contribution is -2.22. The fourth-order valence-corrected chi connectivity index (χ4v) is 2.48. The molecule has 2 fully saturated rings. The Labute approximate surface area is 100 Å². The first-order valence-electron chi connectivity index (χ1n) is 6.15. The normalized spacial score (nSPS) is 28.9. The number of anilines is 1. The zero-order valence-electron chi connectivity index (χ0n) is 9.75. The van der Waals surface area contributed by atoms with Crippen molar-refractivity contribution >= 4 is 5.82 Å². The Bertz CT molecular complexity index is 393. The van der Waals surface area contributed by atoms with E-state index in [1.54, 1.807) is 6.33 Å². The third kappa shape index (κ3) is 2.25. The molecule has 92 valence electrons. The Balaban J connectivity index is 1.78. The van der Waals surface area contributed by atoms with Crippen LogP contribution >= 0.6 is 0 Å².